The predicted molar refractivity (Wildman–Crippen MR) is 90.1 cm³/mol. The average molecular weight is 280 g/mol. The third kappa shape index (κ3) is 2.90. The molecule has 0 atom stereocenters. The molecule has 0 spiro atoms. The van der Waals surface area contributed by atoms with E-state index in [2.05, 4.69) is 55.0 Å². The van der Waals surface area contributed by atoms with Crippen molar-refractivity contribution in [1.29, 1.82) is 0 Å². The Morgan fingerprint density at radius 3 is 2.19 bits per heavy atom. The van der Waals surface area contributed by atoms with Gasteiger partial charge in [0.15, 0.2) is 0 Å². The van der Waals surface area contributed by atoms with Gasteiger partial charge in [-0.1, -0.05) is 50.1 Å². The molecule has 2 N–H and O–H groups in total. The van der Waals surface area contributed by atoms with Crippen LogP contribution >= 0.6 is 0 Å². The topological polar surface area (TPSA) is 24.1 Å². The summed E-state index contributed by atoms with van der Waals surface area (Å²) >= 11 is 0. The van der Waals surface area contributed by atoms with Crippen LogP contribution < -0.4 is 10.6 Å². The standard InChI is InChI=1S/C19H24N2/c1-13-9-11-17(12-10-13)21-19-15(3)14(2)18(19)20-16-7-5-4-6-8-16/h9-12,16,20-21H,2-8H2,1H3. The minimum atomic E-state index is 0.591. The lowest BCUT2D eigenvalue weighted by atomic mass is 9.87. The van der Waals surface area contributed by atoms with E-state index in [0.717, 1.165) is 28.2 Å². The molecule has 1 saturated carbocycles. The van der Waals surface area contributed by atoms with Crippen molar-refractivity contribution in [3.63, 3.8) is 0 Å². The van der Waals surface area contributed by atoms with Crippen molar-refractivity contribution in [3.05, 3.63) is 65.5 Å². The van der Waals surface area contributed by atoms with Crippen LogP contribution in [0.25, 0.3) is 0 Å². The third-order valence-corrected chi connectivity index (χ3v) is 4.49. The molecule has 0 amide bonds. The van der Waals surface area contributed by atoms with Gasteiger partial charge in [0.1, 0.15) is 0 Å². The maximum atomic E-state index is 4.13. The van der Waals surface area contributed by atoms with Crippen LogP contribution in [0.4, 0.5) is 5.69 Å². The van der Waals surface area contributed by atoms with Crippen molar-refractivity contribution >= 4 is 5.69 Å². The summed E-state index contributed by atoms with van der Waals surface area (Å²) in [5.74, 6) is 0. The lowest BCUT2D eigenvalue weighted by molar-refractivity contribution is 0.396. The smallest absolute Gasteiger partial charge is 0.0700 e. The maximum absolute atomic E-state index is 4.13. The molecule has 3 rings (SSSR count). The highest BCUT2D eigenvalue weighted by atomic mass is 15.0. The first-order valence-electron chi connectivity index (χ1n) is 7.88. The molecule has 110 valence electrons. The van der Waals surface area contributed by atoms with Crippen molar-refractivity contribution in [2.24, 2.45) is 0 Å². The van der Waals surface area contributed by atoms with E-state index in [4.69, 9.17) is 0 Å². The Kier molecular flexibility index (Phi) is 3.87. The van der Waals surface area contributed by atoms with Gasteiger partial charge in [-0.25, -0.2) is 0 Å². The summed E-state index contributed by atoms with van der Waals surface area (Å²) in [6.07, 6.45) is 6.57. The molecule has 2 aliphatic rings. The second kappa shape index (κ2) is 5.80. The minimum Gasteiger partial charge on any atom is -0.380 e. The van der Waals surface area contributed by atoms with E-state index in [1.807, 2.05) is 0 Å². The molecule has 2 nitrogen and oxygen atoms in total. The van der Waals surface area contributed by atoms with Crippen molar-refractivity contribution in [1.82, 2.24) is 5.32 Å². The molecule has 1 aromatic rings. The summed E-state index contributed by atoms with van der Waals surface area (Å²) in [6, 6.07) is 9.04. The number of anilines is 1. The SMILES string of the molecule is C=C1C(=C)C(NC2CCCCC2)=C1Nc1ccc(C)cc1. The lowest BCUT2D eigenvalue weighted by Gasteiger charge is -2.35. The highest BCUT2D eigenvalue weighted by molar-refractivity contribution is 5.72. The highest BCUT2D eigenvalue weighted by Crippen LogP contribution is 2.37. The maximum Gasteiger partial charge on any atom is 0.0700 e. The molecule has 0 aliphatic heterocycles. The Morgan fingerprint density at radius 1 is 0.905 bits per heavy atom. The summed E-state index contributed by atoms with van der Waals surface area (Å²) in [5, 5.41) is 7.16. The van der Waals surface area contributed by atoms with Crippen LogP contribution in [0.1, 0.15) is 37.7 Å². The molecule has 0 radical (unpaired) electrons. The monoisotopic (exact) mass is 280 g/mol. The first-order valence-corrected chi connectivity index (χ1v) is 7.88. The van der Waals surface area contributed by atoms with Crippen molar-refractivity contribution in [2.45, 2.75) is 45.1 Å². The Bertz CT molecular complexity index is 586. The Labute approximate surface area is 127 Å². The van der Waals surface area contributed by atoms with E-state index in [9.17, 15) is 0 Å². The summed E-state index contributed by atoms with van der Waals surface area (Å²) in [5.41, 5.74) is 6.71. The van der Waals surface area contributed by atoms with Gasteiger partial charge in [0.05, 0.1) is 11.4 Å². The van der Waals surface area contributed by atoms with Gasteiger partial charge in [0, 0.05) is 22.9 Å². The minimum absolute atomic E-state index is 0.591. The molecule has 0 saturated heterocycles. The second-order valence-electron chi connectivity index (χ2n) is 6.18. The van der Waals surface area contributed by atoms with E-state index in [1.54, 1.807) is 0 Å². The van der Waals surface area contributed by atoms with E-state index in [1.165, 1.54) is 37.7 Å². The quantitative estimate of drug-likeness (QED) is 0.837. The summed E-state index contributed by atoms with van der Waals surface area (Å²) in [7, 11) is 0. The Balaban J connectivity index is 1.75. The molecule has 0 bridgehead atoms. The summed E-state index contributed by atoms with van der Waals surface area (Å²) in [4.78, 5) is 0. The molecule has 2 aliphatic carbocycles. The largest absolute Gasteiger partial charge is 0.380 e. The fourth-order valence-corrected chi connectivity index (χ4v) is 3.07. The van der Waals surface area contributed by atoms with Crippen molar-refractivity contribution < 1.29 is 0 Å². The molecular formula is C19H24N2. The molecule has 0 unspecified atom stereocenters. The lowest BCUT2D eigenvalue weighted by Crippen LogP contribution is -2.36. The van der Waals surface area contributed by atoms with E-state index >= 15 is 0 Å². The summed E-state index contributed by atoms with van der Waals surface area (Å²) in [6.45, 7) is 10.4. The molecule has 1 aromatic carbocycles. The second-order valence-corrected chi connectivity index (χ2v) is 6.18. The van der Waals surface area contributed by atoms with E-state index < -0.39 is 0 Å². The fraction of sp³-hybridized carbons (Fsp3) is 0.368. The molecule has 21 heavy (non-hydrogen) atoms. The normalized spacial score (nSPS) is 19.5. The number of allylic oxidation sites excluding steroid dienone is 2. The van der Waals surface area contributed by atoms with Gasteiger partial charge in [-0.3, -0.25) is 0 Å². The number of hydrogen-bond acceptors (Lipinski definition) is 2. The summed E-state index contributed by atoms with van der Waals surface area (Å²) < 4.78 is 0. The Hall–Kier alpha value is -1.96. The van der Waals surface area contributed by atoms with E-state index in [0.29, 0.717) is 6.04 Å². The number of benzene rings is 1. The van der Waals surface area contributed by atoms with Gasteiger partial charge in [-0.2, -0.15) is 0 Å². The van der Waals surface area contributed by atoms with Gasteiger partial charge in [0.2, 0.25) is 0 Å². The van der Waals surface area contributed by atoms with Crippen molar-refractivity contribution in [3.8, 4) is 0 Å². The fourth-order valence-electron chi connectivity index (χ4n) is 3.07. The van der Waals surface area contributed by atoms with Gasteiger partial charge in [-0.15, -0.1) is 0 Å². The molecule has 1 fully saturated rings. The first kappa shape index (κ1) is 14.0. The first-order chi connectivity index (χ1) is 10.1. The van der Waals surface area contributed by atoms with Crippen LogP contribution in [0, 0.1) is 6.92 Å². The van der Waals surface area contributed by atoms with Crippen LogP contribution in [-0.4, -0.2) is 6.04 Å². The molecule has 0 aromatic heterocycles. The van der Waals surface area contributed by atoms with Crippen molar-refractivity contribution in [2.75, 3.05) is 5.32 Å². The highest BCUT2D eigenvalue weighted by Gasteiger charge is 2.28. The van der Waals surface area contributed by atoms with Crippen LogP contribution in [0.15, 0.2) is 60.0 Å². The molecular weight excluding hydrogens is 256 g/mol. The molecule has 2 heteroatoms. The van der Waals surface area contributed by atoms with E-state index in [-0.39, 0.29) is 0 Å². The third-order valence-electron chi connectivity index (χ3n) is 4.49. The number of hydrogen-bond donors (Lipinski definition) is 2. The van der Waals surface area contributed by atoms with Crippen LogP contribution in [0.5, 0.6) is 0 Å². The van der Waals surface area contributed by atoms with Crippen LogP contribution in [0.3, 0.4) is 0 Å². The molecule has 0 heterocycles. The van der Waals surface area contributed by atoms with Crippen LogP contribution in [0.2, 0.25) is 0 Å². The van der Waals surface area contributed by atoms with Gasteiger partial charge in [0.25, 0.3) is 0 Å². The zero-order valence-electron chi connectivity index (χ0n) is 12.8. The average Bonchev–Trinajstić information content (AvgIpc) is 2.53. The zero-order valence-corrected chi connectivity index (χ0v) is 12.8. The number of nitrogens with one attached hydrogen (secondary N) is 2. The van der Waals surface area contributed by atoms with Gasteiger partial charge < -0.3 is 10.6 Å². The zero-order chi connectivity index (χ0) is 14.8. The predicted octanol–water partition coefficient (Wildman–Crippen LogP) is 4.67. The Morgan fingerprint density at radius 2 is 1.52 bits per heavy atom. The number of aryl methyl sites for hydroxylation is 1. The number of rotatable bonds is 4. The van der Waals surface area contributed by atoms with Gasteiger partial charge >= 0.3 is 0 Å². The van der Waals surface area contributed by atoms with Gasteiger partial charge in [-0.05, 0) is 31.9 Å². The van der Waals surface area contributed by atoms with Crippen LogP contribution in [-0.2, 0) is 0 Å².